The van der Waals surface area contributed by atoms with Crippen LogP contribution in [-0.2, 0) is 46.7 Å². The Hall–Kier alpha value is -5.29. The monoisotopic (exact) mass is 717 g/mol. The number of hydrogen-bond acceptors (Lipinski definition) is 6. The number of carbonyl (C=O) groups is 4. The van der Waals surface area contributed by atoms with Crippen LogP contribution in [0.5, 0.6) is 0 Å². The number of hydrogen-bond donors (Lipinski definition) is 3. The molecule has 0 radical (unpaired) electrons. The molecule has 4 N–H and O–H groups in total. The van der Waals surface area contributed by atoms with Crippen molar-refractivity contribution in [1.82, 2.24) is 30.2 Å². The Morgan fingerprint density at radius 3 is 2.04 bits per heavy atom. The molecule has 1 aromatic heterocycles. The van der Waals surface area contributed by atoms with Crippen LogP contribution in [0.15, 0.2) is 84.9 Å². The van der Waals surface area contributed by atoms with Gasteiger partial charge in [-0.05, 0) is 66.5 Å². The molecule has 2 atom stereocenters. The highest BCUT2D eigenvalue weighted by atomic mass is 16.2. The first kappa shape index (κ1) is 37.5. The second-order valence-electron chi connectivity index (χ2n) is 14.6. The van der Waals surface area contributed by atoms with Gasteiger partial charge in [-0.3, -0.25) is 28.8 Å². The molecule has 2 heterocycles. The van der Waals surface area contributed by atoms with Gasteiger partial charge in [0.1, 0.15) is 11.7 Å². The summed E-state index contributed by atoms with van der Waals surface area (Å²) in [5, 5.41) is 10.8. The molecule has 2 aliphatic rings. The second-order valence-corrected chi connectivity index (χ2v) is 14.6. The van der Waals surface area contributed by atoms with Gasteiger partial charge >= 0.3 is 0 Å². The molecular formula is C42H51N7O4. The zero-order chi connectivity index (χ0) is 37.5. The van der Waals surface area contributed by atoms with Gasteiger partial charge in [-0.25, -0.2) is 0 Å². The van der Waals surface area contributed by atoms with Crippen LogP contribution in [0.3, 0.4) is 0 Å². The van der Waals surface area contributed by atoms with Crippen molar-refractivity contribution in [3.05, 3.63) is 124 Å². The summed E-state index contributed by atoms with van der Waals surface area (Å²) in [6.07, 6.45) is 2.14. The van der Waals surface area contributed by atoms with E-state index in [-0.39, 0.29) is 35.4 Å². The number of nitrogens with one attached hydrogen (secondary N) is 2. The summed E-state index contributed by atoms with van der Waals surface area (Å²) in [5.74, 6) is -1.56. The Morgan fingerprint density at radius 1 is 0.830 bits per heavy atom. The highest BCUT2D eigenvalue weighted by Crippen LogP contribution is 2.37. The highest BCUT2D eigenvalue weighted by molar-refractivity contribution is 5.92. The summed E-state index contributed by atoms with van der Waals surface area (Å²) < 4.78 is 1.60. The Kier molecular flexibility index (Phi) is 12.0. The maximum absolute atomic E-state index is 14.0. The number of primary amides is 1. The summed E-state index contributed by atoms with van der Waals surface area (Å²) in [5.41, 5.74) is 12.1. The van der Waals surface area contributed by atoms with Gasteiger partial charge in [-0.1, -0.05) is 85.8 Å². The van der Waals surface area contributed by atoms with Gasteiger partial charge in [0.25, 0.3) is 5.91 Å². The van der Waals surface area contributed by atoms with Gasteiger partial charge in [0.2, 0.25) is 17.7 Å². The van der Waals surface area contributed by atoms with Crippen LogP contribution in [0.25, 0.3) is 0 Å². The smallest absolute Gasteiger partial charge is 0.266 e. The van der Waals surface area contributed by atoms with E-state index >= 15 is 0 Å². The van der Waals surface area contributed by atoms with Gasteiger partial charge in [0.05, 0.1) is 11.6 Å². The maximum Gasteiger partial charge on any atom is 0.266 e. The number of nitrogens with two attached hydrogens (primary N) is 1. The molecule has 0 unspecified atom stereocenters. The molecule has 11 heteroatoms. The van der Waals surface area contributed by atoms with E-state index in [4.69, 9.17) is 10.8 Å². The van der Waals surface area contributed by atoms with Crippen LogP contribution < -0.4 is 16.4 Å². The minimum Gasteiger partial charge on any atom is -0.364 e. The molecule has 4 amide bonds. The average molecular weight is 718 g/mol. The molecule has 0 bridgehead atoms. The fraction of sp³-hybridized carbons (Fsp3) is 0.405. The molecular weight excluding hydrogens is 667 g/mol. The van der Waals surface area contributed by atoms with Crippen molar-refractivity contribution in [3.63, 3.8) is 0 Å². The van der Waals surface area contributed by atoms with Crippen molar-refractivity contribution in [2.24, 2.45) is 11.7 Å². The maximum atomic E-state index is 14.0. The fourth-order valence-corrected chi connectivity index (χ4v) is 7.57. The van der Waals surface area contributed by atoms with Crippen molar-refractivity contribution < 1.29 is 19.2 Å². The molecule has 11 nitrogen and oxygen atoms in total. The predicted molar refractivity (Wildman–Crippen MR) is 204 cm³/mol. The molecule has 0 saturated carbocycles. The van der Waals surface area contributed by atoms with Gasteiger partial charge < -0.3 is 21.3 Å². The van der Waals surface area contributed by atoms with Crippen molar-refractivity contribution in [2.75, 3.05) is 26.2 Å². The van der Waals surface area contributed by atoms with E-state index in [0.717, 1.165) is 43.6 Å². The zero-order valence-electron chi connectivity index (χ0n) is 31.0. The lowest BCUT2D eigenvalue weighted by Crippen LogP contribution is -2.55. The van der Waals surface area contributed by atoms with E-state index in [2.05, 4.69) is 39.8 Å². The first-order valence-corrected chi connectivity index (χ1v) is 18.8. The molecule has 1 saturated heterocycles. The van der Waals surface area contributed by atoms with Gasteiger partial charge in [-0.15, -0.1) is 0 Å². The third-order valence-electron chi connectivity index (χ3n) is 10.5. The van der Waals surface area contributed by atoms with Crippen LogP contribution >= 0.6 is 0 Å². The number of rotatable bonds is 14. The van der Waals surface area contributed by atoms with Gasteiger partial charge in [0.15, 0.2) is 0 Å². The SMILES string of the molecule is CCC(=O)N[C@H](Cc1ccc(CNC(=O)[C@H](c2cc(C(N)=O)n(C(C)C)n2)C2Cc3ccccc3C2)cc1)C(=O)N1CCN(Cc2ccccc2)CC1. The summed E-state index contributed by atoms with van der Waals surface area (Å²) in [6, 6.07) is 27.3. The van der Waals surface area contributed by atoms with Crippen LogP contribution in [0, 0.1) is 5.92 Å². The number of carbonyl (C=O) groups excluding carboxylic acids is 4. The van der Waals surface area contributed by atoms with Gasteiger partial charge in [-0.2, -0.15) is 5.10 Å². The topological polar surface area (TPSA) is 143 Å². The van der Waals surface area contributed by atoms with Crippen molar-refractivity contribution in [1.29, 1.82) is 0 Å². The molecule has 6 rings (SSSR count). The first-order chi connectivity index (χ1) is 25.6. The largest absolute Gasteiger partial charge is 0.364 e. The number of aromatic nitrogens is 2. The number of fused-ring (bicyclic) bond motifs is 1. The minimum absolute atomic E-state index is 0.0225. The summed E-state index contributed by atoms with van der Waals surface area (Å²) in [4.78, 5) is 56.8. The zero-order valence-corrected chi connectivity index (χ0v) is 31.0. The van der Waals surface area contributed by atoms with Crippen LogP contribution in [0.1, 0.15) is 83.2 Å². The van der Waals surface area contributed by atoms with E-state index in [0.29, 0.717) is 38.2 Å². The standard InChI is InChI=1S/C42H51N7O4/c1-4-38(50)45-36(42(53)48-20-18-47(19-21-48)27-31-10-6-5-7-11-31)22-29-14-16-30(17-15-29)26-44-41(52)39(34-23-32-12-8-9-13-33(32)24-34)35-25-37(40(43)51)49(46-35)28(2)3/h5-17,25,28,34,36,39H,4,18-24,26-27H2,1-3H3,(H2,43,51)(H,44,52)(H,45,50)/t36-,39+/m1/s1. The quantitative estimate of drug-likeness (QED) is 0.179. The lowest BCUT2D eigenvalue weighted by Gasteiger charge is -2.36. The summed E-state index contributed by atoms with van der Waals surface area (Å²) in [7, 11) is 0. The fourth-order valence-electron chi connectivity index (χ4n) is 7.57. The van der Waals surface area contributed by atoms with Crippen LogP contribution in [0.4, 0.5) is 0 Å². The Balaban J connectivity index is 1.10. The molecule has 53 heavy (non-hydrogen) atoms. The van der Waals surface area contributed by atoms with E-state index < -0.39 is 17.9 Å². The lowest BCUT2D eigenvalue weighted by atomic mass is 9.86. The molecule has 1 aliphatic carbocycles. The van der Waals surface area contributed by atoms with E-state index in [1.807, 2.05) is 73.3 Å². The number of piperazine rings is 1. The molecule has 1 aliphatic heterocycles. The molecule has 1 fully saturated rings. The Bertz CT molecular complexity index is 1870. The number of nitrogens with zero attached hydrogens (tertiary/aromatic N) is 4. The van der Waals surface area contributed by atoms with Gasteiger partial charge in [0, 0.05) is 58.2 Å². The third-order valence-corrected chi connectivity index (χ3v) is 10.5. The average Bonchev–Trinajstić information content (AvgIpc) is 3.80. The first-order valence-electron chi connectivity index (χ1n) is 18.8. The summed E-state index contributed by atoms with van der Waals surface area (Å²) >= 11 is 0. The number of amides is 4. The predicted octanol–water partition coefficient (Wildman–Crippen LogP) is 4.16. The summed E-state index contributed by atoms with van der Waals surface area (Å²) in [6.45, 7) is 9.55. The lowest BCUT2D eigenvalue weighted by molar-refractivity contribution is -0.138. The van der Waals surface area contributed by atoms with Crippen LogP contribution in [0.2, 0.25) is 0 Å². The van der Waals surface area contributed by atoms with E-state index in [1.54, 1.807) is 17.7 Å². The molecule has 278 valence electrons. The Labute approximate surface area is 311 Å². The van der Waals surface area contributed by atoms with Crippen molar-refractivity contribution >= 4 is 23.6 Å². The van der Waals surface area contributed by atoms with Crippen molar-refractivity contribution in [2.45, 2.75) is 77.5 Å². The van der Waals surface area contributed by atoms with Crippen LogP contribution in [-0.4, -0.2) is 75.4 Å². The highest BCUT2D eigenvalue weighted by Gasteiger charge is 2.37. The molecule has 0 spiro atoms. The van der Waals surface area contributed by atoms with E-state index in [1.165, 1.54) is 16.7 Å². The normalized spacial score (nSPS) is 15.9. The molecule has 4 aromatic rings. The second kappa shape index (κ2) is 17.0. The molecule has 3 aromatic carbocycles. The van der Waals surface area contributed by atoms with Crippen molar-refractivity contribution in [3.8, 4) is 0 Å². The Morgan fingerprint density at radius 2 is 1.45 bits per heavy atom. The minimum atomic E-state index is -0.666. The van der Waals surface area contributed by atoms with E-state index in [9.17, 15) is 19.2 Å². The number of benzene rings is 3. The third kappa shape index (κ3) is 9.21.